The van der Waals surface area contributed by atoms with Crippen LogP contribution in [0.25, 0.3) is 0 Å². The van der Waals surface area contributed by atoms with Crippen molar-refractivity contribution in [2.45, 2.75) is 129 Å². The molecule has 2 rings (SSSR count). The van der Waals surface area contributed by atoms with Crippen LogP contribution in [0, 0.1) is 5.92 Å². The standard InChI is InChI=1S/C31H47NO10/c1-8-29(4,5)41-27(36)39-23-16-15-21(17-24(23)40-28(37)42-30(6,7)9-2)19-31(32,26(34)35)18-20(3)38-25(33)22-13-11-10-12-14-22/h15-17,20,22H,8-14,18-19,32H2,1-7H3,(H,34,35)/t20-,31?/m0/s1. The molecule has 0 saturated heterocycles. The number of carbonyl (C=O) groups excluding carboxylic acids is 3. The van der Waals surface area contributed by atoms with Gasteiger partial charge in [0.1, 0.15) is 22.8 Å². The predicted octanol–water partition coefficient (Wildman–Crippen LogP) is 6.32. The minimum Gasteiger partial charge on any atom is -0.480 e. The van der Waals surface area contributed by atoms with Crippen LogP contribution in [0.1, 0.15) is 105 Å². The molecule has 42 heavy (non-hydrogen) atoms. The fourth-order valence-corrected chi connectivity index (χ4v) is 4.43. The molecule has 1 aromatic rings. The van der Waals surface area contributed by atoms with E-state index < -0.39 is 41.1 Å². The molecule has 0 amide bonds. The summed E-state index contributed by atoms with van der Waals surface area (Å²) in [5, 5.41) is 10.0. The smallest absolute Gasteiger partial charge is 0.480 e. The number of rotatable bonds is 13. The van der Waals surface area contributed by atoms with E-state index in [2.05, 4.69) is 0 Å². The van der Waals surface area contributed by atoms with Crippen molar-refractivity contribution < 1.29 is 48.0 Å². The summed E-state index contributed by atoms with van der Waals surface area (Å²) in [6.45, 7) is 12.2. The molecule has 1 fully saturated rings. The first-order valence-electron chi connectivity index (χ1n) is 14.7. The van der Waals surface area contributed by atoms with Crippen molar-refractivity contribution in [1.29, 1.82) is 0 Å². The van der Waals surface area contributed by atoms with Crippen LogP contribution in [0.15, 0.2) is 18.2 Å². The molecular formula is C31H47NO10. The Morgan fingerprint density at radius 2 is 1.43 bits per heavy atom. The van der Waals surface area contributed by atoms with Crippen LogP contribution >= 0.6 is 0 Å². The molecule has 11 nitrogen and oxygen atoms in total. The number of carbonyl (C=O) groups is 4. The zero-order chi connectivity index (χ0) is 31.7. The molecule has 2 atom stereocenters. The molecule has 0 aromatic heterocycles. The Balaban J connectivity index is 2.28. The Morgan fingerprint density at radius 1 is 0.905 bits per heavy atom. The molecule has 11 heteroatoms. The van der Waals surface area contributed by atoms with Gasteiger partial charge in [-0.3, -0.25) is 9.59 Å². The number of esters is 1. The van der Waals surface area contributed by atoms with Crippen LogP contribution in [0.2, 0.25) is 0 Å². The minimum atomic E-state index is -1.82. The van der Waals surface area contributed by atoms with Crippen molar-refractivity contribution in [1.82, 2.24) is 0 Å². The number of hydrogen-bond donors (Lipinski definition) is 2. The average molecular weight is 594 g/mol. The van der Waals surface area contributed by atoms with Crippen LogP contribution in [0.4, 0.5) is 9.59 Å². The van der Waals surface area contributed by atoms with Crippen molar-refractivity contribution in [2.75, 3.05) is 0 Å². The SMILES string of the molecule is CCC(C)(C)OC(=O)Oc1ccc(CC(N)(C[C@H](C)OC(=O)C2CCCCC2)C(=O)O)cc1OC(=O)OC(C)(C)CC. The van der Waals surface area contributed by atoms with Crippen molar-refractivity contribution >= 4 is 24.2 Å². The zero-order valence-electron chi connectivity index (χ0n) is 25.9. The molecule has 0 radical (unpaired) electrons. The lowest BCUT2D eigenvalue weighted by Gasteiger charge is -2.29. The van der Waals surface area contributed by atoms with E-state index >= 15 is 0 Å². The second-order valence-electron chi connectivity index (χ2n) is 12.3. The number of aliphatic carboxylic acids is 1. The molecule has 236 valence electrons. The van der Waals surface area contributed by atoms with Gasteiger partial charge in [-0.2, -0.15) is 0 Å². The third kappa shape index (κ3) is 10.8. The van der Waals surface area contributed by atoms with E-state index in [0.29, 0.717) is 18.4 Å². The lowest BCUT2D eigenvalue weighted by atomic mass is 9.86. The first-order chi connectivity index (χ1) is 19.5. The van der Waals surface area contributed by atoms with E-state index in [-0.39, 0.29) is 36.2 Å². The molecule has 0 heterocycles. The molecule has 3 N–H and O–H groups in total. The van der Waals surface area contributed by atoms with Crippen molar-refractivity contribution in [3.05, 3.63) is 23.8 Å². The summed E-state index contributed by atoms with van der Waals surface area (Å²) in [5.41, 5.74) is 3.30. The van der Waals surface area contributed by atoms with E-state index in [4.69, 9.17) is 29.4 Å². The molecule has 0 aliphatic heterocycles. The van der Waals surface area contributed by atoms with E-state index in [1.54, 1.807) is 34.6 Å². The minimum absolute atomic E-state index is 0.130. The van der Waals surface area contributed by atoms with Crippen LogP contribution in [0.3, 0.4) is 0 Å². The fourth-order valence-electron chi connectivity index (χ4n) is 4.43. The third-order valence-electron chi connectivity index (χ3n) is 7.67. The van der Waals surface area contributed by atoms with Crippen LogP contribution < -0.4 is 15.2 Å². The van der Waals surface area contributed by atoms with Crippen molar-refractivity contribution in [3.8, 4) is 11.5 Å². The van der Waals surface area contributed by atoms with Gasteiger partial charge in [0.05, 0.1) is 5.92 Å². The molecule has 1 aromatic carbocycles. The van der Waals surface area contributed by atoms with E-state index in [1.165, 1.54) is 18.2 Å². The fraction of sp³-hybridized carbons (Fsp3) is 0.677. The Labute approximate surface area is 248 Å². The number of ether oxygens (including phenoxy) is 5. The normalized spacial score (nSPS) is 16.5. The topological polar surface area (TPSA) is 161 Å². The largest absolute Gasteiger partial charge is 0.514 e. The highest BCUT2D eigenvalue weighted by molar-refractivity contribution is 5.79. The van der Waals surface area contributed by atoms with Gasteiger partial charge in [-0.25, -0.2) is 9.59 Å². The van der Waals surface area contributed by atoms with Gasteiger partial charge in [0.15, 0.2) is 11.5 Å². The first kappa shape index (κ1) is 34.9. The van der Waals surface area contributed by atoms with Crippen molar-refractivity contribution in [2.24, 2.45) is 11.7 Å². The second-order valence-corrected chi connectivity index (χ2v) is 12.3. The molecular weight excluding hydrogens is 546 g/mol. The summed E-state index contributed by atoms with van der Waals surface area (Å²) >= 11 is 0. The Bertz CT molecular complexity index is 1110. The average Bonchev–Trinajstić information content (AvgIpc) is 2.89. The quantitative estimate of drug-likeness (QED) is 0.149. The number of benzene rings is 1. The zero-order valence-corrected chi connectivity index (χ0v) is 25.9. The highest BCUT2D eigenvalue weighted by atomic mass is 16.8. The van der Waals surface area contributed by atoms with Gasteiger partial charge < -0.3 is 34.5 Å². The van der Waals surface area contributed by atoms with E-state index in [9.17, 15) is 24.3 Å². The van der Waals surface area contributed by atoms with Crippen LogP contribution in [0.5, 0.6) is 11.5 Å². The van der Waals surface area contributed by atoms with Gasteiger partial charge in [-0.1, -0.05) is 39.2 Å². The van der Waals surface area contributed by atoms with Crippen molar-refractivity contribution in [3.63, 3.8) is 0 Å². The molecule has 0 bridgehead atoms. The maximum Gasteiger partial charge on any atom is 0.514 e. The lowest BCUT2D eigenvalue weighted by Crippen LogP contribution is -2.52. The maximum atomic E-state index is 12.6. The molecule has 1 aliphatic rings. The van der Waals surface area contributed by atoms with Gasteiger partial charge in [0.2, 0.25) is 0 Å². The van der Waals surface area contributed by atoms with Gasteiger partial charge >= 0.3 is 24.2 Å². The summed E-state index contributed by atoms with van der Waals surface area (Å²) in [6.07, 6.45) is 2.44. The number of carboxylic acid groups (broad SMARTS) is 1. The van der Waals surface area contributed by atoms with E-state index in [1.807, 2.05) is 13.8 Å². The second kappa shape index (κ2) is 14.7. The summed E-state index contributed by atoms with van der Waals surface area (Å²) in [4.78, 5) is 50.0. The summed E-state index contributed by atoms with van der Waals surface area (Å²) < 4.78 is 27.0. The van der Waals surface area contributed by atoms with E-state index in [0.717, 1.165) is 32.1 Å². The lowest BCUT2D eigenvalue weighted by molar-refractivity contribution is -0.158. The monoisotopic (exact) mass is 593 g/mol. The van der Waals surface area contributed by atoms with Gasteiger partial charge in [-0.05, 0) is 78.0 Å². The summed E-state index contributed by atoms with van der Waals surface area (Å²) in [7, 11) is 0. The summed E-state index contributed by atoms with van der Waals surface area (Å²) in [6, 6.07) is 4.22. The Hall–Kier alpha value is -3.34. The highest BCUT2D eigenvalue weighted by Gasteiger charge is 2.38. The Morgan fingerprint density at radius 3 is 1.93 bits per heavy atom. The molecule has 0 spiro atoms. The number of carboxylic acids is 1. The van der Waals surface area contributed by atoms with Crippen LogP contribution in [-0.2, 0) is 30.2 Å². The molecule has 1 unspecified atom stereocenters. The van der Waals surface area contributed by atoms with Gasteiger partial charge in [0.25, 0.3) is 0 Å². The van der Waals surface area contributed by atoms with Crippen LogP contribution in [-0.4, -0.2) is 52.2 Å². The Kier molecular flexibility index (Phi) is 12.2. The number of nitrogens with two attached hydrogens (primary N) is 1. The molecule has 1 aliphatic carbocycles. The molecule has 1 saturated carbocycles. The highest BCUT2D eigenvalue weighted by Crippen LogP contribution is 2.33. The van der Waals surface area contributed by atoms with Gasteiger partial charge in [-0.15, -0.1) is 0 Å². The third-order valence-corrected chi connectivity index (χ3v) is 7.67. The van der Waals surface area contributed by atoms with Gasteiger partial charge in [0, 0.05) is 12.8 Å². The summed E-state index contributed by atoms with van der Waals surface area (Å²) in [5.74, 6) is -2.12. The first-order valence-corrected chi connectivity index (χ1v) is 14.7. The maximum absolute atomic E-state index is 12.6. The number of hydrogen-bond acceptors (Lipinski definition) is 10. The predicted molar refractivity (Wildman–Crippen MR) is 154 cm³/mol.